The van der Waals surface area contributed by atoms with Crippen molar-refractivity contribution in [3.8, 4) is 0 Å². The molecule has 1 aromatic rings. The third-order valence-electron chi connectivity index (χ3n) is 1.09. The maximum absolute atomic E-state index is 5.15. The Morgan fingerprint density at radius 2 is 2.30 bits per heavy atom. The first-order chi connectivity index (χ1) is 4.83. The molecule has 0 aliphatic carbocycles. The van der Waals surface area contributed by atoms with E-state index in [4.69, 9.17) is 4.42 Å². The molecular formula is C6H10N2OS. The maximum Gasteiger partial charge on any atom is 0.217 e. The predicted octanol–water partition coefficient (Wildman–Crippen LogP) is 1.28. The van der Waals surface area contributed by atoms with E-state index in [1.165, 1.54) is 0 Å². The van der Waals surface area contributed by atoms with Crippen molar-refractivity contribution in [2.45, 2.75) is 13.3 Å². The second kappa shape index (κ2) is 3.61. The van der Waals surface area contributed by atoms with E-state index in [-0.39, 0.29) is 0 Å². The van der Waals surface area contributed by atoms with Crippen LogP contribution in [-0.4, -0.2) is 22.2 Å². The van der Waals surface area contributed by atoms with E-state index in [9.17, 15) is 0 Å². The molecule has 0 fully saturated rings. The van der Waals surface area contributed by atoms with E-state index in [2.05, 4.69) is 16.5 Å². The molecule has 1 rings (SSSR count). The summed E-state index contributed by atoms with van der Waals surface area (Å²) < 4.78 is 5.15. The number of aromatic nitrogens is 2. The van der Waals surface area contributed by atoms with Crippen molar-refractivity contribution in [3.05, 3.63) is 11.8 Å². The van der Waals surface area contributed by atoms with Crippen LogP contribution in [0, 0.1) is 6.92 Å². The van der Waals surface area contributed by atoms with Crippen LogP contribution >= 0.6 is 11.8 Å². The quantitative estimate of drug-likeness (QED) is 0.664. The minimum atomic E-state index is 0.649. The second-order valence-corrected chi connectivity index (χ2v) is 2.94. The molecule has 1 aromatic heterocycles. The standard InChI is InChI=1S/C6H10N2OS/c1-5-7-8-6(9-5)3-4-10-2/h3-4H2,1-2H3. The predicted molar refractivity (Wildman–Crippen MR) is 41.1 cm³/mol. The van der Waals surface area contributed by atoms with Gasteiger partial charge in [0.25, 0.3) is 0 Å². The lowest BCUT2D eigenvalue weighted by Crippen LogP contribution is -1.86. The minimum Gasteiger partial charge on any atom is -0.426 e. The number of hydrogen-bond acceptors (Lipinski definition) is 4. The summed E-state index contributed by atoms with van der Waals surface area (Å²) in [5, 5.41) is 7.57. The summed E-state index contributed by atoms with van der Waals surface area (Å²) in [7, 11) is 0. The molecule has 4 heteroatoms. The van der Waals surface area contributed by atoms with Crippen molar-refractivity contribution in [2.24, 2.45) is 0 Å². The molecule has 0 radical (unpaired) electrons. The Kier molecular flexibility index (Phi) is 2.74. The number of rotatable bonds is 3. The number of hydrogen-bond donors (Lipinski definition) is 0. The summed E-state index contributed by atoms with van der Waals surface area (Å²) in [6, 6.07) is 0. The van der Waals surface area contributed by atoms with E-state index < -0.39 is 0 Å². The molecule has 10 heavy (non-hydrogen) atoms. The molecule has 0 aromatic carbocycles. The molecule has 0 aliphatic heterocycles. The highest BCUT2D eigenvalue weighted by atomic mass is 32.2. The van der Waals surface area contributed by atoms with Gasteiger partial charge in [0, 0.05) is 19.1 Å². The van der Waals surface area contributed by atoms with E-state index in [0.717, 1.165) is 18.1 Å². The van der Waals surface area contributed by atoms with Crippen molar-refractivity contribution in [3.63, 3.8) is 0 Å². The van der Waals surface area contributed by atoms with Crippen molar-refractivity contribution >= 4 is 11.8 Å². The van der Waals surface area contributed by atoms with Gasteiger partial charge in [-0.05, 0) is 6.26 Å². The van der Waals surface area contributed by atoms with Crippen molar-refractivity contribution in [1.29, 1.82) is 0 Å². The van der Waals surface area contributed by atoms with Crippen LogP contribution in [0.15, 0.2) is 4.42 Å². The van der Waals surface area contributed by atoms with E-state index in [0.29, 0.717) is 5.89 Å². The van der Waals surface area contributed by atoms with Gasteiger partial charge in [-0.25, -0.2) is 0 Å². The molecular weight excluding hydrogens is 148 g/mol. The van der Waals surface area contributed by atoms with Crippen LogP contribution in [-0.2, 0) is 6.42 Å². The first kappa shape index (κ1) is 7.60. The fraction of sp³-hybridized carbons (Fsp3) is 0.667. The average Bonchev–Trinajstić information content (AvgIpc) is 2.31. The van der Waals surface area contributed by atoms with Gasteiger partial charge >= 0.3 is 0 Å². The Labute approximate surface area is 64.2 Å². The molecule has 0 atom stereocenters. The van der Waals surface area contributed by atoms with Gasteiger partial charge in [0.15, 0.2) is 0 Å². The van der Waals surface area contributed by atoms with Gasteiger partial charge in [-0.3, -0.25) is 0 Å². The van der Waals surface area contributed by atoms with E-state index in [1.807, 2.05) is 0 Å². The third-order valence-corrected chi connectivity index (χ3v) is 1.70. The summed E-state index contributed by atoms with van der Waals surface area (Å²) in [6.45, 7) is 1.80. The lowest BCUT2D eigenvalue weighted by molar-refractivity contribution is 0.474. The van der Waals surface area contributed by atoms with Gasteiger partial charge in [-0.2, -0.15) is 11.8 Å². The molecule has 0 N–H and O–H groups in total. The molecule has 3 nitrogen and oxygen atoms in total. The van der Waals surface area contributed by atoms with Crippen LogP contribution in [0.1, 0.15) is 11.8 Å². The SMILES string of the molecule is CSCCc1nnc(C)o1. The van der Waals surface area contributed by atoms with Crippen molar-refractivity contribution < 1.29 is 4.42 Å². The Morgan fingerprint density at radius 1 is 1.50 bits per heavy atom. The normalized spacial score (nSPS) is 10.2. The summed E-state index contributed by atoms with van der Waals surface area (Å²) >= 11 is 1.78. The summed E-state index contributed by atoms with van der Waals surface area (Å²) in [5.41, 5.74) is 0. The van der Waals surface area contributed by atoms with Gasteiger partial charge in [-0.1, -0.05) is 0 Å². The monoisotopic (exact) mass is 158 g/mol. The average molecular weight is 158 g/mol. The zero-order valence-electron chi connectivity index (χ0n) is 6.13. The lowest BCUT2D eigenvalue weighted by Gasteiger charge is -1.88. The van der Waals surface area contributed by atoms with Gasteiger partial charge in [-0.15, -0.1) is 10.2 Å². The van der Waals surface area contributed by atoms with Crippen LogP contribution in [0.4, 0.5) is 0 Å². The zero-order chi connectivity index (χ0) is 7.40. The highest BCUT2D eigenvalue weighted by Gasteiger charge is 1.99. The number of aryl methyl sites for hydroxylation is 2. The van der Waals surface area contributed by atoms with Gasteiger partial charge < -0.3 is 4.42 Å². The van der Waals surface area contributed by atoms with Crippen LogP contribution in [0.5, 0.6) is 0 Å². The van der Waals surface area contributed by atoms with Gasteiger partial charge in [0.05, 0.1) is 0 Å². The Balaban J connectivity index is 2.42. The fourth-order valence-corrected chi connectivity index (χ4v) is 1.01. The molecule has 0 aliphatic rings. The van der Waals surface area contributed by atoms with Gasteiger partial charge in [0.2, 0.25) is 11.8 Å². The number of nitrogens with zero attached hydrogens (tertiary/aromatic N) is 2. The first-order valence-corrected chi connectivity index (χ1v) is 4.50. The maximum atomic E-state index is 5.15. The molecule has 0 unspecified atom stereocenters. The zero-order valence-corrected chi connectivity index (χ0v) is 6.94. The highest BCUT2D eigenvalue weighted by molar-refractivity contribution is 7.98. The van der Waals surface area contributed by atoms with E-state index >= 15 is 0 Å². The van der Waals surface area contributed by atoms with Crippen LogP contribution < -0.4 is 0 Å². The Morgan fingerprint density at radius 3 is 2.80 bits per heavy atom. The second-order valence-electron chi connectivity index (χ2n) is 1.96. The number of thioether (sulfide) groups is 1. The summed E-state index contributed by atoms with van der Waals surface area (Å²) in [5.74, 6) is 2.43. The Hall–Kier alpha value is -0.510. The molecule has 1 heterocycles. The van der Waals surface area contributed by atoms with Crippen molar-refractivity contribution in [1.82, 2.24) is 10.2 Å². The molecule has 0 saturated heterocycles. The first-order valence-electron chi connectivity index (χ1n) is 3.11. The molecule has 0 amide bonds. The summed E-state index contributed by atoms with van der Waals surface area (Å²) in [6.07, 6.45) is 2.94. The Bertz CT molecular complexity index is 199. The molecule has 56 valence electrons. The highest BCUT2D eigenvalue weighted by Crippen LogP contribution is 2.02. The fourth-order valence-electron chi connectivity index (χ4n) is 0.628. The van der Waals surface area contributed by atoms with Crippen LogP contribution in [0.2, 0.25) is 0 Å². The smallest absolute Gasteiger partial charge is 0.217 e. The van der Waals surface area contributed by atoms with E-state index in [1.54, 1.807) is 18.7 Å². The molecule has 0 bridgehead atoms. The van der Waals surface area contributed by atoms with Crippen LogP contribution in [0.25, 0.3) is 0 Å². The molecule has 0 spiro atoms. The summed E-state index contributed by atoms with van der Waals surface area (Å²) in [4.78, 5) is 0. The van der Waals surface area contributed by atoms with Crippen LogP contribution in [0.3, 0.4) is 0 Å². The molecule has 0 saturated carbocycles. The van der Waals surface area contributed by atoms with Crippen molar-refractivity contribution in [2.75, 3.05) is 12.0 Å². The minimum absolute atomic E-state index is 0.649. The lowest BCUT2D eigenvalue weighted by atomic mass is 10.5. The largest absolute Gasteiger partial charge is 0.426 e. The topological polar surface area (TPSA) is 38.9 Å². The van der Waals surface area contributed by atoms with Gasteiger partial charge in [0.1, 0.15) is 0 Å². The third kappa shape index (κ3) is 2.02.